The van der Waals surface area contributed by atoms with Crippen molar-refractivity contribution in [1.82, 2.24) is 9.44 Å². The molecule has 0 spiro atoms. The zero-order valence-electron chi connectivity index (χ0n) is 9.92. The lowest BCUT2D eigenvalue weighted by Crippen LogP contribution is -2.30. The monoisotopic (exact) mass is 312 g/mol. The molecule has 0 fully saturated rings. The minimum Gasteiger partial charge on any atom is -0.215 e. The zero-order chi connectivity index (χ0) is 13.6. The third-order valence-electron chi connectivity index (χ3n) is 2.11. The van der Waals surface area contributed by atoms with Gasteiger partial charge in [0.1, 0.15) is 4.21 Å². The van der Waals surface area contributed by atoms with Crippen molar-refractivity contribution < 1.29 is 16.8 Å². The Balaban J connectivity index is 2.31. The van der Waals surface area contributed by atoms with E-state index in [2.05, 4.69) is 9.44 Å². The molecule has 0 atom stereocenters. The van der Waals surface area contributed by atoms with Crippen LogP contribution in [0.4, 0.5) is 0 Å². The number of hydrogen-bond acceptors (Lipinski definition) is 5. The molecular weight excluding hydrogens is 296 g/mol. The summed E-state index contributed by atoms with van der Waals surface area (Å²) in [5.41, 5.74) is 0. The van der Waals surface area contributed by atoms with E-state index in [0.29, 0.717) is 6.42 Å². The predicted octanol–water partition coefficient (Wildman–Crippen LogP) is 0.356. The molecule has 0 aliphatic carbocycles. The maximum atomic E-state index is 11.7. The van der Waals surface area contributed by atoms with Crippen molar-refractivity contribution in [2.45, 2.75) is 17.6 Å². The molecule has 0 unspecified atom stereocenters. The van der Waals surface area contributed by atoms with E-state index in [-0.39, 0.29) is 23.1 Å². The van der Waals surface area contributed by atoms with Crippen molar-refractivity contribution in [3.8, 4) is 0 Å². The topological polar surface area (TPSA) is 92.3 Å². The molecule has 9 heteroatoms. The lowest BCUT2D eigenvalue weighted by Gasteiger charge is -2.06. The average Bonchev–Trinajstić information content (AvgIpc) is 2.82. The van der Waals surface area contributed by atoms with Crippen LogP contribution in [-0.2, 0) is 20.0 Å². The van der Waals surface area contributed by atoms with Gasteiger partial charge in [-0.15, -0.1) is 11.3 Å². The summed E-state index contributed by atoms with van der Waals surface area (Å²) in [6, 6.07) is 3.18. The van der Waals surface area contributed by atoms with E-state index in [9.17, 15) is 16.8 Å². The maximum absolute atomic E-state index is 11.7. The SMILES string of the molecule is CCS(=O)(=O)NCCCNS(=O)(=O)c1cccs1. The van der Waals surface area contributed by atoms with Gasteiger partial charge in [-0.2, -0.15) is 0 Å². The van der Waals surface area contributed by atoms with Gasteiger partial charge in [-0.3, -0.25) is 0 Å². The van der Waals surface area contributed by atoms with Crippen molar-refractivity contribution in [3.05, 3.63) is 17.5 Å². The van der Waals surface area contributed by atoms with Crippen molar-refractivity contribution in [2.75, 3.05) is 18.8 Å². The fourth-order valence-electron chi connectivity index (χ4n) is 1.11. The third-order valence-corrected chi connectivity index (χ3v) is 6.37. The molecule has 0 radical (unpaired) electrons. The average molecular weight is 312 g/mol. The first-order chi connectivity index (χ1) is 8.37. The number of hydrogen-bond donors (Lipinski definition) is 2. The van der Waals surface area contributed by atoms with Crippen LogP contribution in [0.1, 0.15) is 13.3 Å². The van der Waals surface area contributed by atoms with Crippen LogP contribution in [-0.4, -0.2) is 35.7 Å². The molecule has 0 aromatic carbocycles. The number of nitrogens with one attached hydrogen (secondary N) is 2. The van der Waals surface area contributed by atoms with Gasteiger partial charge in [0.15, 0.2) is 0 Å². The molecule has 104 valence electrons. The Hall–Kier alpha value is -0.480. The fourth-order valence-corrected chi connectivity index (χ4v) is 3.88. The second-order valence-corrected chi connectivity index (χ2v) is 8.52. The molecular formula is C9H16N2O4S3. The number of rotatable bonds is 8. The quantitative estimate of drug-likeness (QED) is 0.678. The van der Waals surface area contributed by atoms with E-state index in [0.717, 1.165) is 11.3 Å². The fraction of sp³-hybridized carbons (Fsp3) is 0.556. The van der Waals surface area contributed by atoms with Gasteiger partial charge in [0.25, 0.3) is 0 Å². The Morgan fingerprint density at radius 3 is 2.39 bits per heavy atom. The minimum absolute atomic E-state index is 0.0217. The molecule has 6 nitrogen and oxygen atoms in total. The Morgan fingerprint density at radius 2 is 1.83 bits per heavy atom. The zero-order valence-corrected chi connectivity index (χ0v) is 12.4. The summed E-state index contributed by atoms with van der Waals surface area (Å²) in [5, 5.41) is 1.68. The molecule has 1 aromatic heterocycles. The standard InChI is InChI=1S/C9H16N2O4S3/c1-2-17(12,13)10-6-4-7-11-18(14,15)9-5-3-8-16-9/h3,5,8,10-11H,2,4,6-7H2,1H3. The highest BCUT2D eigenvalue weighted by atomic mass is 32.2. The smallest absolute Gasteiger partial charge is 0.215 e. The van der Waals surface area contributed by atoms with Crippen molar-refractivity contribution in [1.29, 1.82) is 0 Å². The van der Waals surface area contributed by atoms with Crippen LogP contribution in [0.2, 0.25) is 0 Å². The highest BCUT2D eigenvalue weighted by Crippen LogP contribution is 2.14. The summed E-state index contributed by atoms with van der Waals surface area (Å²) in [4.78, 5) is 0. The van der Waals surface area contributed by atoms with E-state index in [4.69, 9.17) is 0 Å². The van der Waals surface area contributed by atoms with Gasteiger partial charge in [0, 0.05) is 13.1 Å². The third kappa shape index (κ3) is 5.02. The van der Waals surface area contributed by atoms with Crippen LogP contribution >= 0.6 is 11.3 Å². The molecule has 18 heavy (non-hydrogen) atoms. The first-order valence-electron chi connectivity index (χ1n) is 5.38. The van der Waals surface area contributed by atoms with Gasteiger partial charge in [0.2, 0.25) is 20.0 Å². The molecule has 1 heterocycles. The Morgan fingerprint density at radius 1 is 1.17 bits per heavy atom. The highest BCUT2D eigenvalue weighted by molar-refractivity contribution is 7.91. The van der Waals surface area contributed by atoms with Gasteiger partial charge in [-0.25, -0.2) is 26.3 Å². The lowest BCUT2D eigenvalue weighted by molar-refractivity contribution is 0.574. The van der Waals surface area contributed by atoms with Crippen LogP contribution in [0, 0.1) is 0 Å². The summed E-state index contributed by atoms with van der Waals surface area (Å²) >= 11 is 1.14. The van der Waals surface area contributed by atoms with Gasteiger partial charge < -0.3 is 0 Å². The maximum Gasteiger partial charge on any atom is 0.250 e. The largest absolute Gasteiger partial charge is 0.250 e. The van der Waals surface area contributed by atoms with Crippen LogP contribution in [0.15, 0.2) is 21.7 Å². The molecule has 2 N–H and O–H groups in total. The Bertz CT molecular complexity index is 549. The molecule has 0 aliphatic rings. The molecule has 0 bridgehead atoms. The molecule has 0 aliphatic heterocycles. The van der Waals surface area contributed by atoms with E-state index < -0.39 is 20.0 Å². The normalized spacial score (nSPS) is 12.7. The van der Waals surface area contributed by atoms with E-state index in [1.165, 1.54) is 6.07 Å². The van der Waals surface area contributed by atoms with Crippen molar-refractivity contribution in [2.24, 2.45) is 0 Å². The second-order valence-electron chi connectivity index (χ2n) is 3.48. The molecule has 0 saturated heterocycles. The predicted molar refractivity (Wildman–Crippen MR) is 71.6 cm³/mol. The first kappa shape index (κ1) is 15.6. The highest BCUT2D eigenvalue weighted by Gasteiger charge is 2.13. The van der Waals surface area contributed by atoms with Crippen LogP contribution < -0.4 is 9.44 Å². The lowest BCUT2D eigenvalue weighted by atomic mass is 10.4. The van der Waals surface area contributed by atoms with Gasteiger partial charge >= 0.3 is 0 Å². The van der Waals surface area contributed by atoms with Gasteiger partial charge in [-0.05, 0) is 24.8 Å². The van der Waals surface area contributed by atoms with Crippen molar-refractivity contribution >= 4 is 31.4 Å². The summed E-state index contributed by atoms with van der Waals surface area (Å²) in [6.07, 6.45) is 0.407. The molecule has 0 saturated carbocycles. The van der Waals surface area contributed by atoms with Crippen molar-refractivity contribution in [3.63, 3.8) is 0 Å². The molecule has 1 rings (SSSR count). The van der Waals surface area contributed by atoms with E-state index in [1.54, 1.807) is 18.4 Å². The molecule has 0 amide bonds. The summed E-state index contributed by atoms with van der Waals surface area (Å²) in [7, 11) is -6.65. The van der Waals surface area contributed by atoms with E-state index in [1.807, 2.05) is 0 Å². The van der Waals surface area contributed by atoms with Crippen LogP contribution in [0.5, 0.6) is 0 Å². The Kier molecular flexibility index (Phi) is 5.73. The number of thiophene rings is 1. The first-order valence-corrected chi connectivity index (χ1v) is 9.39. The van der Waals surface area contributed by atoms with Crippen LogP contribution in [0.25, 0.3) is 0 Å². The molecule has 1 aromatic rings. The van der Waals surface area contributed by atoms with E-state index >= 15 is 0 Å². The van der Waals surface area contributed by atoms with Gasteiger partial charge in [-0.1, -0.05) is 6.07 Å². The minimum atomic E-state index is -3.45. The van der Waals surface area contributed by atoms with Crippen LogP contribution in [0.3, 0.4) is 0 Å². The summed E-state index contributed by atoms with van der Waals surface area (Å²) < 4.78 is 50.6. The summed E-state index contributed by atoms with van der Waals surface area (Å²) in [5.74, 6) is 0.0217. The number of sulfonamides is 2. The second kappa shape index (κ2) is 6.62. The summed E-state index contributed by atoms with van der Waals surface area (Å²) in [6.45, 7) is 1.97. The Labute approximate surface area is 112 Å². The van der Waals surface area contributed by atoms with Gasteiger partial charge in [0.05, 0.1) is 5.75 Å².